The van der Waals surface area contributed by atoms with Crippen molar-refractivity contribution in [1.29, 1.82) is 0 Å². The van der Waals surface area contributed by atoms with Gasteiger partial charge in [0.05, 0.1) is 0 Å². The monoisotopic (exact) mass is 458 g/mol. The van der Waals surface area contributed by atoms with E-state index in [1.165, 1.54) is 11.1 Å². The van der Waals surface area contributed by atoms with Crippen LogP contribution < -0.4 is 4.74 Å². The molecule has 0 saturated carbocycles. The second kappa shape index (κ2) is 9.95. The van der Waals surface area contributed by atoms with Gasteiger partial charge in [-0.1, -0.05) is 80.9 Å². The highest BCUT2D eigenvalue weighted by Gasteiger charge is 2.34. The van der Waals surface area contributed by atoms with Crippen molar-refractivity contribution in [2.75, 3.05) is 13.9 Å². The number of benzene rings is 2. The molecule has 2 rings (SSSR count). The van der Waals surface area contributed by atoms with Gasteiger partial charge in [0, 0.05) is 28.1 Å². The maximum absolute atomic E-state index is 6.27. The van der Waals surface area contributed by atoms with Crippen LogP contribution in [0.5, 0.6) is 5.75 Å². The molecule has 2 aromatic rings. The summed E-state index contributed by atoms with van der Waals surface area (Å²) >= 11 is 3.75. The summed E-state index contributed by atoms with van der Waals surface area (Å²) in [6, 6.07) is 13.0. The van der Waals surface area contributed by atoms with Crippen LogP contribution in [0, 0.1) is 0 Å². The predicted octanol–water partition coefficient (Wildman–Crippen LogP) is 8.03. The third-order valence-corrected chi connectivity index (χ3v) is 6.59. The van der Waals surface area contributed by atoms with Crippen LogP contribution in [-0.4, -0.2) is 13.9 Å². The molecular formula is C26H35BrO2. The Kier molecular flexibility index (Phi) is 8.13. The first-order chi connectivity index (χ1) is 13.7. The Balaban J connectivity index is 2.94. The van der Waals surface area contributed by atoms with Crippen LogP contribution in [0.3, 0.4) is 0 Å². The molecule has 0 amide bonds. The number of halogens is 1. The van der Waals surface area contributed by atoms with Gasteiger partial charge in [-0.3, -0.25) is 0 Å². The molecule has 2 nitrogen and oxygen atoms in total. The van der Waals surface area contributed by atoms with Crippen molar-refractivity contribution < 1.29 is 9.47 Å². The van der Waals surface area contributed by atoms with E-state index in [9.17, 15) is 0 Å². The number of hydrogen-bond acceptors (Lipinski definition) is 2. The van der Waals surface area contributed by atoms with Crippen molar-refractivity contribution in [3.63, 3.8) is 0 Å². The van der Waals surface area contributed by atoms with Gasteiger partial charge in [0.25, 0.3) is 0 Å². The van der Waals surface area contributed by atoms with Crippen LogP contribution in [-0.2, 0) is 15.6 Å². The molecule has 2 aromatic carbocycles. The van der Waals surface area contributed by atoms with Gasteiger partial charge in [-0.25, -0.2) is 0 Å². The molecule has 0 spiro atoms. The Labute approximate surface area is 185 Å². The fourth-order valence-electron chi connectivity index (χ4n) is 3.91. The average molecular weight is 459 g/mol. The van der Waals surface area contributed by atoms with Gasteiger partial charge in [0.2, 0.25) is 0 Å². The second-order valence-electron chi connectivity index (χ2n) is 8.66. The highest BCUT2D eigenvalue weighted by atomic mass is 79.9. The zero-order valence-corrected chi connectivity index (χ0v) is 20.4. The molecule has 0 radical (unpaired) electrons. The number of hydrogen-bond donors (Lipinski definition) is 0. The molecule has 0 bridgehead atoms. The lowest BCUT2D eigenvalue weighted by Gasteiger charge is -2.35. The Morgan fingerprint density at radius 3 is 2.21 bits per heavy atom. The lowest BCUT2D eigenvalue weighted by Crippen LogP contribution is -2.26. The number of rotatable bonds is 9. The SMILES string of the molecule is C=CCC(CC)(CC)c1cc(C(C)(C)C)cc(-c2ccccc2Br)c1OCOC. The minimum Gasteiger partial charge on any atom is -0.467 e. The van der Waals surface area contributed by atoms with E-state index >= 15 is 0 Å². The second-order valence-corrected chi connectivity index (χ2v) is 9.52. The summed E-state index contributed by atoms with van der Waals surface area (Å²) in [5.74, 6) is 0.914. The minimum atomic E-state index is -0.0257. The lowest BCUT2D eigenvalue weighted by atomic mass is 9.70. The Bertz CT molecular complexity index is 829. The van der Waals surface area contributed by atoms with E-state index in [1.54, 1.807) is 7.11 Å². The summed E-state index contributed by atoms with van der Waals surface area (Å²) in [7, 11) is 1.66. The average Bonchev–Trinajstić information content (AvgIpc) is 2.70. The Hall–Kier alpha value is -1.58. The van der Waals surface area contributed by atoms with E-state index in [2.05, 4.69) is 87.5 Å². The molecule has 29 heavy (non-hydrogen) atoms. The molecule has 158 valence electrons. The van der Waals surface area contributed by atoms with E-state index < -0.39 is 0 Å². The molecule has 0 saturated heterocycles. The zero-order chi connectivity index (χ0) is 21.7. The maximum atomic E-state index is 6.27. The van der Waals surface area contributed by atoms with Crippen molar-refractivity contribution >= 4 is 15.9 Å². The normalized spacial score (nSPS) is 12.1. The van der Waals surface area contributed by atoms with Crippen molar-refractivity contribution in [2.45, 2.75) is 64.7 Å². The maximum Gasteiger partial charge on any atom is 0.188 e. The summed E-state index contributed by atoms with van der Waals surface area (Å²) in [4.78, 5) is 0. The van der Waals surface area contributed by atoms with Crippen LogP contribution in [0.4, 0.5) is 0 Å². The molecule has 0 aliphatic heterocycles. The van der Waals surface area contributed by atoms with Gasteiger partial charge >= 0.3 is 0 Å². The first-order valence-corrected chi connectivity index (χ1v) is 11.2. The van der Waals surface area contributed by atoms with E-state index in [-0.39, 0.29) is 17.6 Å². The summed E-state index contributed by atoms with van der Waals surface area (Å²) < 4.78 is 12.6. The fraction of sp³-hybridized carbons (Fsp3) is 0.462. The molecule has 0 atom stereocenters. The third-order valence-electron chi connectivity index (χ3n) is 5.90. The predicted molar refractivity (Wildman–Crippen MR) is 128 cm³/mol. The number of ether oxygens (including phenoxy) is 2. The Morgan fingerprint density at radius 2 is 1.69 bits per heavy atom. The molecule has 0 fully saturated rings. The summed E-state index contributed by atoms with van der Waals surface area (Å²) in [6.45, 7) is 15.6. The molecule has 3 heteroatoms. The van der Waals surface area contributed by atoms with Crippen molar-refractivity contribution in [3.8, 4) is 16.9 Å². The summed E-state index contributed by atoms with van der Waals surface area (Å²) in [6.07, 6.45) is 4.98. The third kappa shape index (κ3) is 5.13. The molecule has 0 heterocycles. The summed E-state index contributed by atoms with van der Waals surface area (Å²) in [5, 5.41) is 0. The smallest absolute Gasteiger partial charge is 0.188 e. The lowest BCUT2D eigenvalue weighted by molar-refractivity contribution is 0.0497. The Morgan fingerprint density at radius 1 is 1.03 bits per heavy atom. The van der Waals surface area contributed by atoms with Gasteiger partial charge in [-0.15, -0.1) is 6.58 Å². The van der Waals surface area contributed by atoms with Gasteiger partial charge in [-0.2, -0.15) is 0 Å². The highest BCUT2D eigenvalue weighted by molar-refractivity contribution is 9.10. The standard InChI is InChI=1S/C26H35BrO2/c1-8-15-26(9-2,10-3)22-17-19(25(4,5)6)16-21(24(22)29-18-28-7)20-13-11-12-14-23(20)27/h8,11-14,16-17H,1,9-10,15,18H2,2-7H3. The molecule has 0 unspecified atom stereocenters. The summed E-state index contributed by atoms with van der Waals surface area (Å²) in [5.41, 5.74) is 4.78. The molecular weight excluding hydrogens is 424 g/mol. The van der Waals surface area contributed by atoms with Gasteiger partial charge < -0.3 is 9.47 Å². The van der Waals surface area contributed by atoms with E-state index in [1.807, 2.05) is 12.1 Å². The van der Waals surface area contributed by atoms with Crippen molar-refractivity contribution in [3.05, 3.63) is 64.7 Å². The van der Waals surface area contributed by atoms with Gasteiger partial charge in [0.15, 0.2) is 6.79 Å². The van der Waals surface area contributed by atoms with Crippen molar-refractivity contribution in [1.82, 2.24) is 0 Å². The van der Waals surface area contributed by atoms with E-state index in [0.29, 0.717) is 0 Å². The number of allylic oxidation sites excluding steroid dienone is 1. The van der Waals surface area contributed by atoms with Crippen molar-refractivity contribution in [2.24, 2.45) is 0 Å². The zero-order valence-electron chi connectivity index (χ0n) is 18.8. The van der Waals surface area contributed by atoms with Gasteiger partial charge in [0.1, 0.15) is 5.75 Å². The van der Waals surface area contributed by atoms with Gasteiger partial charge in [-0.05, 0) is 47.9 Å². The quantitative estimate of drug-likeness (QED) is 0.279. The van der Waals surface area contributed by atoms with E-state index in [0.717, 1.165) is 40.6 Å². The van der Waals surface area contributed by atoms with Crippen LogP contribution in [0.25, 0.3) is 11.1 Å². The highest BCUT2D eigenvalue weighted by Crippen LogP contribution is 2.48. The van der Waals surface area contributed by atoms with Crippen LogP contribution >= 0.6 is 15.9 Å². The molecule has 0 aliphatic carbocycles. The topological polar surface area (TPSA) is 18.5 Å². The molecule has 0 aromatic heterocycles. The van der Waals surface area contributed by atoms with Crippen LogP contribution in [0.15, 0.2) is 53.5 Å². The van der Waals surface area contributed by atoms with Crippen LogP contribution in [0.2, 0.25) is 0 Å². The fourth-order valence-corrected chi connectivity index (χ4v) is 4.41. The minimum absolute atomic E-state index is 0.0198. The first kappa shape index (κ1) is 23.7. The molecule has 0 N–H and O–H groups in total. The van der Waals surface area contributed by atoms with Crippen LogP contribution in [0.1, 0.15) is 65.0 Å². The van der Waals surface area contributed by atoms with E-state index in [4.69, 9.17) is 9.47 Å². The molecule has 0 aliphatic rings. The first-order valence-electron chi connectivity index (χ1n) is 10.4. The number of methoxy groups -OCH3 is 1. The largest absolute Gasteiger partial charge is 0.467 e.